The van der Waals surface area contributed by atoms with Crippen LogP contribution < -0.4 is 0 Å². The van der Waals surface area contributed by atoms with Gasteiger partial charge >= 0.3 is 5.97 Å². The summed E-state index contributed by atoms with van der Waals surface area (Å²) in [5.41, 5.74) is -1.69. The van der Waals surface area contributed by atoms with Crippen LogP contribution in [0.4, 0.5) is 0 Å². The number of Topliss-reactive ketones (excluding diaryl/α,β-unsaturated/α-hetero) is 1. The van der Waals surface area contributed by atoms with E-state index in [1.54, 1.807) is 4.90 Å². The smallest absolute Gasteiger partial charge is 0.311 e. The van der Waals surface area contributed by atoms with Gasteiger partial charge in [0.15, 0.2) is 10.2 Å². The van der Waals surface area contributed by atoms with Crippen LogP contribution in [0.25, 0.3) is 0 Å². The Kier molecular flexibility index (Phi) is 31.3. The minimum atomic E-state index is -0.396. The van der Waals surface area contributed by atoms with Gasteiger partial charge in [0.1, 0.15) is 17.0 Å². The number of ketones is 1. The second kappa shape index (κ2) is 27.3. The molecular weight excluding hydrogens is 893 g/mol. The molecule has 0 aromatic rings. The molecule has 0 radical (unpaired) electrons. The van der Waals surface area contributed by atoms with Gasteiger partial charge in [0, 0.05) is 62.4 Å². The van der Waals surface area contributed by atoms with Gasteiger partial charge in [-0.15, -0.1) is 0 Å². The zero-order chi connectivity index (χ0) is 56.7. The molecule has 0 rings (SSSR count). The molecule has 0 aliphatic carbocycles. The number of ether oxygens (including phenoxy) is 2. The van der Waals surface area contributed by atoms with Crippen LogP contribution in [0.5, 0.6) is 0 Å². The number of hydrogen-bond donors (Lipinski definition) is 0. The van der Waals surface area contributed by atoms with Gasteiger partial charge in [0.05, 0.1) is 10.4 Å². The Morgan fingerprint density at radius 2 is 0.672 bits per heavy atom. The largest absolute Gasteiger partial charge is 0.481 e. The first kappa shape index (κ1) is 76.9. The number of thiocarbonyl (C=S) groups is 2. The third kappa shape index (κ3) is 44.1. The van der Waals surface area contributed by atoms with Crippen molar-refractivity contribution in [3.8, 4) is 0 Å². The van der Waals surface area contributed by atoms with Crippen molar-refractivity contribution in [2.24, 2.45) is 37.9 Å². The van der Waals surface area contributed by atoms with E-state index in [0.717, 1.165) is 4.99 Å². The van der Waals surface area contributed by atoms with Gasteiger partial charge in [-0.05, 0) is 116 Å². The Labute approximate surface area is 433 Å². The van der Waals surface area contributed by atoms with Crippen LogP contribution in [0.1, 0.15) is 249 Å². The normalized spacial score (nSPS) is 13.0. The van der Waals surface area contributed by atoms with Crippen LogP contribution in [0.15, 0.2) is 0 Å². The molecule has 0 atom stereocenters. The van der Waals surface area contributed by atoms with Gasteiger partial charge in [-0.1, -0.05) is 169 Å². The first-order valence-corrected chi connectivity index (χ1v) is 25.6. The highest BCUT2D eigenvalue weighted by Crippen LogP contribution is 2.32. The van der Waals surface area contributed by atoms with Crippen LogP contribution in [0.3, 0.4) is 0 Å². The third-order valence-electron chi connectivity index (χ3n) is 8.30. The summed E-state index contributed by atoms with van der Waals surface area (Å²) in [7, 11) is 3.92. The van der Waals surface area contributed by atoms with Crippen molar-refractivity contribution in [2.75, 3.05) is 14.1 Å². The number of esters is 1. The maximum atomic E-state index is 11.7. The molecular formula is C56H114N2O6S3. The van der Waals surface area contributed by atoms with Crippen LogP contribution in [0, 0.1) is 37.9 Å². The number of carbonyl (C=O) groups excluding carboxylic acids is 4. The van der Waals surface area contributed by atoms with Gasteiger partial charge in [-0.25, -0.2) is 0 Å². The fourth-order valence-corrected chi connectivity index (χ4v) is 5.42. The first-order chi connectivity index (χ1) is 28.2. The minimum Gasteiger partial charge on any atom is -0.481 e. The molecule has 0 aromatic heterocycles. The second-order valence-electron chi connectivity index (χ2n) is 29.7. The Morgan fingerprint density at radius 1 is 0.373 bits per heavy atom. The van der Waals surface area contributed by atoms with Crippen LogP contribution in [0.2, 0.25) is 0 Å². The van der Waals surface area contributed by atoms with E-state index in [1.807, 2.05) is 173 Å². The van der Waals surface area contributed by atoms with Crippen molar-refractivity contribution in [3.05, 3.63) is 0 Å². The lowest BCUT2D eigenvalue weighted by Crippen LogP contribution is -2.47. The number of amides is 1. The minimum absolute atomic E-state index is 0.0252. The van der Waals surface area contributed by atoms with E-state index in [0.29, 0.717) is 10.8 Å². The van der Waals surface area contributed by atoms with Gasteiger partial charge in [0.2, 0.25) is 5.91 Å². The molecule has 0 saturated carbocycles. The average Bonchev–Trinajstić information content (AvgIpc) is 2.98. The van der Waals surface area contributed by atoms with Crippen LogP contribution in [-0.4, -0.2) is 83.7 Å². The molecule has 0 spiro atoms. The monoisotopic (exact) mass is 1010 g/mol. The summed E-state index contributed by atoms with van der Waals surface area (Å²) in [6, 6.07) is 0. The average molecular weight is 1010 g/mol. The van der Waals surface area contributed by atoms with Crippen LogP contribution >= 0.6 is 36.2 Å². The van der Waals surface area contributed by atoms with Gasteiger partial charge in [-0.2, -0.15) is 0 Å². The molecule has 0 heterocycles. The molecule has 0 saturated heterocycles. The number of carbonyl (C=O) groups is 4. The lowest BCUT2D eigenvalue weighted by atomic mass is 9.76. The van der Waals surface area contributed by atoms with E-state index >= 15 is 0 Å². The highest BCUT2D eigenvalue weighted by Gasteiger charge is 2.33. The maximum absolute atomic E-state index is 11.7. The lowest BCUT2D eigenvalue weighted by Gasteiger charge is -2.39. The Hall–Kier alpha value is -1.59. The quantitative estimate of drug-likeness (QED) is 0.173. The number of thioether (sulfide) groups is 1. The Balaban J connectivity index is -0.000000167. The van der Waals surface area contributed by atoms with Crippen molar-refractivity contribution < 1.29 is 28.7 Å². The number of nitrogens with zero attached hydrogens (tertiary/aromatic N) is 2. The summed E-state index contributed by atoms with van der Waals surface area (Å²) in [5.74, 6) is 0.361. The zero-order valence-electron chi connectivity index (χ0n) is 51.6. The van der Waals surface area contributed by atoms with E-state index < -0.39 is 5.41 Å². The maximum Gasteiger partial charge on any atom is 0.311 e. The molecule has 0 N–H and O–H groups in total. The van der Waals surface area contributed by atoms with Crippen molar-refractivity contribution in [3.63, 3.8) is 0 Å². The molecule has 0 unspecified atom stereocenters. The van der Waals surface area contributed by atoms with E-state index in [1.165, 1.54) is 11.8 Å². The molecule has 8 nitrogen and oxygen atoms in total. The van der Waals surface area contributed by atoms with Crippen molar-refractivity contribution in [2.45, 2.75) is 276 Å². The molecule has 0 aromatic carbocycles. The molecule has 0 aliphatic rings. The van der Waals surface area contributed by atoms with E-state index in [-0.39, 0.29) is 76.5 Å². The SMILES string of the molecule is CC(C)(C)C(=O)C(C)(C)C.CC(C)(C)OC(=O)C(C)(C)C.CC(C)(C)OC(=S)C(C)(C)C.CC(C)(C)SC(=O)C(C)(C)C.CN(C(=O)C(C)(C)C)C(C)(C)C.CN(C(=S)C(C)(C)C)C(C)(C)C. The summed E-state index contributed by atoms with van der Waals surface area (Å²) < 4.78 is 10.7. The Bertz CT molecular complexity index is 1380. The third-order valence-corrected chi connectivity index (χ3v) is 11.3. The predicted molar refractivity (Wildman–Crippen MR) is 305 cm³/mol. The van der Waals surface area contributed by atoms with Gasteiger partial charge in [0.25, 0.3) is 0 Å². The fourth-order valence-electron chi connectivity index (χ4n) is 4.03. The van der Waals surface area contributed by atoms with Crippen molar-refractivity contribution >= 4 is 69.0 Å². The Morgan fingerprint density at radius 3 is 0.746 bits per heavy atom. The molecule has 11 heteroatoms. The first-order valence-electron chi connectivity index (χ1n) is 24.0. The van der Waals surface area contributed by atoms with Gasteiger partial charge < -0.3 is 19.3 Å². The molecule has 402 valence electrons. The fraction of sp³-hybridized carbons (Fsp3) is 0.893. The summed E-state index contributed by atoms with van der Waals surface area (Å²) >= 11 is 11.9. The second-order valence-corrected chi connectivity index (χ2v) is 32.2. The lowest BCUT2D eigenvalue weighted by molar-refractivity contribution is -0.164. The highest BCUT2D eigenvalue weighted by atomic mass is 32.2. The summed E-state index contributed by atoms with van der Waals surface area (Å²) in [4.78, 5) is 50.9. The molecule has 0 fully saturated rings. The van der Waals surface area contributed by atoms with E-state index in [9.17, 15) is 19.2 Å². The standard InChI is InChI=1S/C10H21NO.C10H21NS.C9H18O2.2C9H18OS.C9H18O/c2*1-9(2,3)8(12)11(7)10(4,5)6;2*1-8(2,3)7(10)11-9(4,5)6;1-8(2,3)7(11)10-9(4,5)6;1-8(2,3)7(10)9(4,5)6/h2*1-7H3;3*1-6H3;1-6H3. The zero-order valence-corrected chi connectivity index (χ0v) is 54.0. The molecule has 0 aliphatic heterocycles. The number of hydrogen-bond acceptors (Lipinski definition) is 9. The summed E-state index contributed by atoms with van der Waals surface area (Å²) in [5, 5.41) is 0.954. The highest BCUT2D eigenvalue weighted by molar-refractivity contribution is 8.14. The van der Waals surface area contributed by atoms with Crippen LogP contribution in [-0.2, 0) is 28.7 Å². The summed E-state index contributed by atoms with van der Waals surface area (Å²) in [6.07, 6.45) is 0. The van der Waals surface area contributed by atoms with Gasteiger partial charge in [-0.3, -0.25) is 19.2 Å². The molecule has 67 heavy (non-hydrogen) atoms. The summed E-state index contributed by atoms with van der Waals surface area (Å²) in [6.45, 7) is 72.0. The number of rotatable bonds is 0. The van der Waals surface area contributed by atoms with E-state index in [2.05, 4.69) is 95.0 Å². The van der Waals surface area contributed by atoms with Crippen molar-refractivity contribution in [1.29, 1.82) is 0 Å². The topological polar surface area (TPSA) is 93.2 Å². The predicted octanol–water partition coefficient (Wildman–Crippen LogP) is 16.7. The van der Waals surface area contributed by atoms with E-state index in [4.69, 9.17) is 33.9 Å². The molecule has 0 bridgehead atoms. The molecule has 1 amide bonds. The van der Waals surface area contributed by atoms with Crippen molar-refractivity contribution in [1.82, 2.24) is 9.80 Å².